The van der Waals surface area contributed by atoms with Gasteiger partial charge in [-0.15, -0.1) is 0 Å². The quantitative estimate of drug-likeness (QED) is 0.640. The van der Waals surface area contributed by atoms with Crippen LogP contribution in [0.25, 0.3) is 0 Å². The van der Waals surface area contributed by atoms with Gasteiger partial charge >= 0.3 is 51.4 Å². The monoisotopic (exact) mass is 370 g/mol. The number of hydrogen-bond donors (Lipinski definition) is 0. The SMILES string of the molecule is [KH].c1ccc(C2CCC[Si](c3ccccc3)(c3ccccc3)O2)cc1. The van der Waals surface area contributed by atoms with Crippen LogP contribution in [0.3, 0.4) is 0 Å². The third kappa shape index (κ3) is 4.09. The summed E-state index contributed by atoms with van der Waals surface area (Å²) in [4.78, 5) is 0. The van der Waals surface area contributed by atoms with Crippen LogP contribution in [-0.4, -0.2) is 59.7 Å². The Labute approximate surface area is 194 Å². The average Bonchev–Trinajstić information content (AvgIpc) is 2.70. The molecule has 3 aromatic carbocycles. The van der Waals surface area contributed by atoms with Crippen LogP contribution in [0.5, 0.6) is 0 Å². The summed E-state index contributed by atoms with van der Waals surface area (Å²) >= 11 is 0. The van der Waals surface area contributed by atoms with Gasteiger partial charge in [-0.25, -0.2) is 0 Å². The van der Waals surface area contributed by atoms with Gasteiger partial charge in [0.2, 0.25) is 0 Å². The first kappa shape index (κ1) is 19.2. The molecule has 3 heteroatoms. The fourth-order valence-electron chi connectivity index (χ4n) is 3.81. The molecule has 0 radical (unpaired) electrons. The smallest absolute Gasteiger partial charge is 0.256 e. The second kappa shape index (κ2) is 8.91. The van der Waals surface area contributed by atoms with E-state index in [1.807, 2.05) is 0 Å². The summed E-state index contributed by atoms with van der Waals surface area (Å²) in [5.74, 6) is 0. The number of benzene rings is 3. The van der Waals surface area contributed by atoms with Crippen molar-refractivity contribution in [1.82, 2.24) is 0 Å². The molecule has 4 rings (SSSR count). The molecule has 122 valence electrons. The van der Waals surface area contributed by atoms with Gasteiger partial charge in [0.25, 0.3) is 8.32 Å². The first-order chi connectivity index (χ1) is 11.9. The van der Waals surface area contributed by atoms with E-state index in [1.54, 1.807) is 0 Å². The van der Waals surface area contributed by atoms with Gasteiger partial charge in [-0.2, -0.15) is 0 Å². The van der Waals surface area contributed by atoms with E-state index >= 15 is 0 Å². The summed E-state index contributed by atoms with van der Waals surface area (Å²) in [6.07, 6.45) is 2.53. The summed E-state index contributed by atoms with van der Waals surface area (Å²) in [7, 11) is -2.18. The zero-order chi connectivity index (χ0) is 16.2. The van der Waals surface area contributed by atoms with Crippen molar-refractivity contribution in [3.8, 4) is 0 Å². The molecule has 0 bridgehead atoms. The summed E-state index contributed by atoms with van der Waals surface area (Å²) in [5, 5.41) is 2.77. The van der Waals surface area contributed by atoms with Gasteiger partial charge in [-0.3, -0.25) is 0 Å². The molecule has 1 saturated heterocycles. The molecule has 0 aromatic heterocycles. The Morgan fingerprint density at radius 1 is 0.680 bits per heavy atom. The molecule has 0 spiro atoms. The van der Waals surface area contributed by atoms with Gasteiger partial charge < -0.3 is 4.43 Å². The van der Waals surface area contributed by atoms with Gasteiger partial charge in [0.05, 0.1) is 6.10 Å². The molecule has 1 unspecified atom stereocenters. The van der Waals surface area contributed by atoms with Crippen molar-refractivity contribution >= 4 is 70.1 Å². The minimum absolute atomic E-state index is 0. The fourth-order valence-corrected chi connectivity index (χ4v) is 8.01. The second-order valence-corrected chi connectivity index (χ2v) is 10.0. The Balaban J connectivity index is 0.00000182. The maximum Gasteiger partial charge on any atom is 0.256 e. The minimum Gasteiger partial charge on any atom is -0.401 e. The first-order valence-corrected chi connectivity index (χ1v) is 10.8. The first-order valence-electron chi connectivity index (χ1n) is 8.72. The zero-order valence-corrected chi connectivity index (χ0v) is 14.8. The largest absolute Gasteiger partial charge is 0.401 e. The Morgan fingerprint density at radius 2 is 1.16 bits per heavy atom. The summed E-state index contributed by atoms with van der Waals surface area (Å²) in [6, 6.07) is 33.6. The maximum absolute atomic E-state index is 6.97. The molecule has 1 fully saturated rings. The van der Waals surface area contributed by atoms with Crippen molar-refractivity contribution in [3.05, 3.63) is 96.6 Å². The van der Waals surface area contributed by atoms with Crippen molar-refractivity contribution < 1.29 is 4.43 Å². The standard InChI is InChI=1S/C22H22OSi.K.H/c1-4-11-19(12-5-1)22-17-10-18-24(23-22,20-13-6-2-7-14-20)21-15-8-3-9-16-21;;/h1-9,11-16,22H,10,17-18H2;;. The van der Waals surface area contributed by atoms with E-state index in [2.05, 4.69) is 91.0 Å². The van der Waals surface area contributed by atoms with E-state index in [1.165, 1.54) is 22.4 Å². The predicted octanol–water partition coefficient (Wildman–Crippen LogP) is 3.65. The predicted molar refractivity (Wildman–Crippen MR) is 109 cm³/mol. The van der Waals surface area contributed by atoms with E-state index in [4.69, 9.17) is 4.43 Å². The van der Waals surface area contributed by atoms with Crippen molar-refractivity contribution in [2.24, 2.45) is 0 Å². The van der Waals surface area contributed by atoms with E-state index in [-0.39, 0.29) is 57.5 Å². The van der Waals surface area contributed by atoms with Crippen LogP contribution in [0.15, 0.2) is 91.0 Å². The third-order valence-electron chi connectivity index (χ3n) is 4.99. The molecular weight excluding hydrogens is 347 g/mol. The molecule has 3 aromatic rings. The molecule has 1 aliphatic heterocycles. The van der Waals surface area contributed by atoms with Crippen LogP contribution < -0.4 is 10.4 Å². The molecule has 1 heterocycles. The van der Waals surface area contributed by atoms with Crippen LogP contribution >= 0.6 is 0 Å². The molecule has 0 aliphatic carbocycles. The van der Waals surface area contributed by atoms with E-state index in [9.17, 15) is 0 Å². The van der Waals surface area contributed by atoms with Gasteiger partial charge in [-0.05, 0) is 28.4 Å². The van der Waals surface area contributed by atoms with E-state index < -0.39 is 8.32 Å². The van der Waals surface area contributed by atoms with Crippen LogP contribution in [-0.2, 0) is 4.43 Å². The van der Waals surface area contributed by atoms with E-state index in [0.29, 0.717) is 0 Å². The normalized spacial score (nSPS) is 19.0. The van der Waals surface area contributed by atoms with Crippen molar-refractivity contribution in [1.29, 1.82) is 0 Å². The fraction of sp³-hybridized carbons (Fsp3) is 0.182. The van der Waals surface area contributed by atoms with E-state index in [0.717, 1.165) is 12.5 Å². The van der Waals surface area contributed by atoms with Crippen molar-refractivity contribution in [2.45, 2.75) is 25.0 Å². The van der Waals surface area contributed by atoms with Crippen LogP contribution in [0, 0.1) is 0 Å². The summed E-state index contributed by atoms with van der Waals surface area (Å²) in [6.45, 7) is 0. The Kier molecular flexibility index (Phi) is 6.86. The average molecular weight is 371 g/mol. The Bertz CT molecular complexity index is 737. The van der Waals surface area contributed by atoms with Gasteiger partial charge in [0.15, 0.2) is 0 Å². The molecular formula is C22H23KOSi. The molecule has 0 N–H and O–H groups in total. The van der Waals surface area contributed by atoms with Gasteiger partial charge in [0, 0.05) is 0 Å². The molecule has 1 atom stereocenters. The van der Waals surface area contributed by atoms with Crippen LogP contribution in [0.1, 0.15) is 24.5 Å². The third-order valence-corrected chi connectivity index (χ3v) is 9.27. The van der Waals surface area contributed by atoms with Crippen LogP contribution in [0.2, 0.25) is 6.04 Å². The molecule has 0 amide bonds. The molecule has 1 aliphatic rings. The maximum atomic E-state index is 6.97. The molecule has 25 heavy (non-hydrogen) atoms. The van der Waals surface area contributed by atoms with Crippen molar-refractivity contribution in [3.63, 3.8) is 0 Å². The number of rotatable bonds is 3. The Hall–Kier alpha value is -0.527. The topological polar surface area (TPSA) is 9.23 Å². The summed E-state index contributed by atoms with van der Waals surface area (Å²) < 4.78 is 6.97. The molecule has 0 saturated carbocycles. The summed E-state index contributed by atoms with van der Waals surface area (Å²) in [5.41, 5.74) is 1.31. The van der Waals surface area contributed by atoms with Gasteiger partial charge in [0.1, 0.15) is 0 Å². The minimum atomic E-state index is -2.18. The second-order valence-electron chi connectivity index (χ2n) is 6.47. The molecule has 1 nitrogen and oxygen atoms in total. The number of hydrogen-bond acceptors (Lipinski definition) is 1. The zero-order valence-electron chi connectivity index (χ0n) is 13.8. The van der Waals surface area contributed by atoms with Crippen LogP contribution in [0.4, 0.5) is 0 Å². The Morgan fingerprint density at radius 3 is 1.68 bits per heavy atom. The van der Waals surface area contributed by atoms with Crippen molar-refractivity contribution in [2.75, 3.05) is 0 Å². The van der Waals surface area contributed by atoms with Gasteiger partial charge in [-0.1, -0.05) is 97.4 Å².